The number of carbonyl (C=O) groups is 2. The van der Waals surface area contributed by atoms with Crippen molar-refractivity contribution in [1.29, 1.82) is 0 Å². The van der Waals surface area contributed by atoms with E-state index in [0.29, 0.717) is 21.4 Å². The average Bonchev–Trinajstić information content (AvgIpc) is 3.31. The molecule has 1 unspecified atom stereocenters. The van der Waals surface area contributed by atoms with Crippen LogP contribution in [0.25, 0.3) is 12.2 Å². The molecule has 0 spiro atoms. The third kappa shape index (κ3) is 5.75. The maximum absolute atomic E-state index is 12.8. The van der Waals surface area contributed by atoms with E-state index in [0.717, 1.165) is 28.6 Å². The van der Waals surface area contributed by atoms with E-state index in [2.05, 4.69) is 0 Å². The molecule has 0 saturated carbocycles. The van der Waals surface area contributed by atoms with Crippen LogP contribution in [0.4, 0.5) is 0 Å². The Labute approximate surface area is 207 Å². The zero-order valence-corrected chi connectivity index (χ0v) is 20.6. The van der Waals surface area contributed by atoms with Crippen LogP contribution in [0.2, 0.25) is 0 Å². The molecule has 2 saturated heterocycles. The molecule has 2 aromatic carbocycles. The lowest BCUT2D eigenvalue weighted by Gasteiger charge is -2.20. The van der Waals surface area contributed by atoms with Gasteiger partial charge in [-0.15, -0.1) is 0 Å². The van der Waals surface area contributed by atoms with Crippen molar-refractivity contribution in [3.05, 3.63) is 70.6 Å². The lowest BCUT2D eigenvalue weighted by molar-refractivity contribution is -0.129. The molecule has 2 aliphatic rings. The maximum atomic E-state index is 12.8. The number of esters is 1. The van der Waals surface area contributed by atoms with Crippen LogP contribution in [-0.4, -0.2) is 54.2 Å². The zero-order valence-electron chi connectivity index (χ0n) is 18.2. The molecule has 0 aliphatic carbocycles. The first-order valence-corrected chi connectivity index (χ1v) is 13.4. The minimum Gasteiger partial charge on any atom is -0.497 e. The van der Waals surface area contributed by atoms with Crippen LogP contribution in [0.1, 0.15) is 17.5 Å². The number of thiocarbonyl (C=S) groups is 1. The van der Waals surface area contributed by atoms with Gasteiger partial charge in [0, 0.05) is 6.08 Å². The minimum absolute atomic E-state index is 0.0559. The van der Waals surface area contributed by atoms with E-state index in [1.807, 2.05) is 12.1 Å². The summed E-state index contributed by atoms with van der Waals surface area (Å²) in [7, 11) is -1.54. The number of nitrogens with zero attached hydrogens (tertiary/aromatic N) is 1. The fraction of sp³-hybridized carbons (Fsp3) is 0.208. The van der Waals surface area contributed by atoms with E-state index in [-0.39, 0.29) is 17.4 Å². The summed E-state index contributed by atoms with van der Waals surface area (Å²) in [6.45, 7) is 0. The number of hydrogen-bond donors (Lipinski definition) is 0. The Balaban J connectivity index is 1.37. The highest BCUT2D eigenvalue weighted by Gasteiger charge is 2.42. The molecule has 0 radical (unpaired) electrons. The molecular formula is C24H21NO6S3. The first-order chi connectivity index (χ1) is 16.2. The van der Waals surface area contributed by atoms with Crippen LogP contribution in [0.15, 0.2) is 59.5 Å². The van der Waals surface area contributed by atoms with E-state index in [1.54, 1.807) is 55.7 Å². The second-order valence-corrected chi connectivity index (χ2v) is 11.6. The second kappa shape index (κ2) is 10.1. The van der Waals surface area contributed by atoms with Crippen molar-refractivity contribution in [2.45, 2.75) is 12.5 Å². The van der Waals surface area contributed by atoms with Gasteiger partial charge in [-0.2, -0.15) is 0 Å². The lowest BCUT2D eigenvalue weighted by atomic mass is 10.2. The normalized spacial score (nSPS) is 20.9. The Kier molecular flexibility index (Phi) is 7.20. The average molecular weight is 516 g/mol. The van der Waals surface area contributed by atoms with E-state index < -0.39 is 21.8 Å². The van der Waals surface area contributed by atoms with Crippen molar-refractivity contribution < 1.29 is 27.5 Å². The maximum Gasteiger partial charge on any atom is 0.336 e. The standard InChI is InChI=1S/C24H21NO6S3/c1-30-19-7-2-16(3-8-19)6-11-22(26)31-20-9-4-17(5-10-20)14-21-23(27)25(24(32)33-21)18-12-13-34(28,29)15-18/h2-11,14,18H,12-13,15H2,1H3. The molecule has 34 heavy (non-hydrogen) atoms. The van der Waals surface area contributed by atoms with Gasteiger partial charge in [-0.1, -0.05) is 48.2 Å². The highest BCUT2D eigenvalue weighted by molar-refractivity contribution is 8.26. The van der Waals surface area contributed by atoms with Crippen molar-refractivity contribution in [1.82, 2.24) is 4.90 Å². The molecule has 2 aliphatic heterocycles. The quantitative estimate of drug-likeness (QED) is 0.249. The highest BCUT2D eigenvalue weighted by Crippen LogP contribution is 2.36. The SMILES string of the molecule is COc1ccc(C=CC(=O)Oc2ccc(C=C3SC(=S)N(C4CCS(=O)(=O)C4)C3=O)cc2)cc1. The third-order valence-corrected chi connectivity index (χ3v) is 8.40. The second-order valence-electron chi connectivity index (χ2n) is 7.71. The number of amides is 1. The number of ether oxygens (including phenoxy) is 2. The largest absolute Gasteiger partial charge is 0.497 e. The van der Waals surface area contributed by atoms with Crippen LogP contribution < -0.4 is 9.47 Å². The summed E-state index contributed by atoms with van der Waals surface area (Å²) in [5.74, 6) is 0.314. The molecule has 1 amide bonds. The minimum atomic E-state index is -3.13. The molecule has 2 fully saturated rings. The molecule has 4 rings (SSSR count). The summed E-state index contributed by atoms with van der Waals surface area (Å²) < 4.78 is 34.4. The Morgan fingerprint density at radius 3 is 2.35 bits per heavy atom. The number of rotatable bonds is 6. The first-order valence-electron chi connectivity index (χ1n) is 10.4. The molecule has 0 aromatic heterocycles. The van der Waals surface area contributed by atoms with E-state index in [9.17, 15) is 18.0 Å². The smallest absolute Gasteiger partial charge is 0.336 e. The van der Waals surface area contributed by atoms with Crippen LogP contribution >= 0.6 is 24.0 Å². The molecule has 176 valence electrons. The van der Waals surface area contributed by atoms with Crippen LogP contribution in [0, 0.1) is 0 Å². The van der Waals surface area contributed by atoms with E-state index in [4.69, 9.17) is 21.7 Å². The van der Waals surface area contributed by atoms with Crippen molar-refractivity contribution in [2.24, 2.45) is 0 Å². The lowest BCUT2D eigenvalue weighted by Crippen LogP contribution is -2.39. The Hall–Kier alpha value is -2.95. The van der Waals surface area contributed by atoms with Gasteiger partial charge in [0.05, 0.1) is 29.6 Å². The summed E-state index contributed by atoms with van der Waals surface area (Å²) in [4.78, 5) is 26.8. The van der Waals surface area contributed by atoms with Crippen molar-refractivity contribution in [3.8, 4) is 11.5 Å². The number of carbonyl (C=O) groups excluding carboxylic acids is 2. The van der Waals surface area contributed by atoms with E-state index >= 15 is 0 Å². The van der Waals surface area contributed by atoms with Gasteiger partial charge < -0.3 is 9.47 Å². The molecule has 7 nitrogen and oxygen atoms in total. The predicted molar refractivity (Wildman–Crippen MR) is 136 cm³/mol. The van der Waals surface area contributed by atoms with Crippen molar-refractivity contribution in [2.75, 3.05) is 18.6 Å². The number of benzene rings is 2. The number of sulfone groups is 1. The number of methoxy groups -OCH3 is 1. The van der Waals surface area contributed by atoms with Crippen molar-refractivity contribution in [3.63, 3.8) is 0 Å². The van der Waals surface area contributed by atoms with Gasteiger partial charge in [-0.3, -0.25) is 9.69 Å². The van der Waals surface area contributed by atoms with Gasteiger partial charge in [0.2, 0.25) is 0 Å². The number of thioether (sulfide) groups is 1. The molecule has 2 heterocycles. The highest BCUT2D eigenvalue weighted by atomic mass is 32.2. The summed E-state index contributed by atoms with van der Waals surface area (Å²) in [5.41, 5.74) is 1.56. The van der Waals surface area contributed by atoms with Crippen LogP contribution in [-0.2, 0) is 19.4 Å². The van der Waals surface area contributed by atoms with Gasteiger partial charge in [-0.05, 0) is 54.0 Å². The monoisotopic (exact) mass is 515 g/mol. The third-order valence-electron chi connectivity index (χ3n) is 5.32. The number of hydrogen-bond acceptors (Lipinski definition) is 8. The molecule has 1 atom stereocenters. The summed E-state index contributed by atoms with van der Waals surface area (Å²) in [6.07, 6.45) is 5.07. The summed E-state index contributed by atoms with van der Waals surface area (Å²) in [6, 6.07) is 13.6. The van der Waals surface area contributed by atoms with Crippen LogP contribution in [0.3, 0.4) is 0 Å². The fourth-order valence-corrected chi connectivity index (χ4v) is 6.69. The molecule has 0 N–H and O–H groups in total. The molecule has 2 aromatic rings. The fourth-order valence-electron chi connectivity index (χ4n) is 3.59. The van der Waals surface area contributed by atoms with Gasteiger partial charge >= 0.3 is 5.97 Å². The predicted octanol–water partition coefficient (Wildman–Crippen LogP) is 3.70. The van der Waals surface area contributed by atoms with Gasteiger partial charge in [0.25, 0.3) is 5.91 Å². The Bertz CT molecular complexity index is 1280. The van der Waals surface area contributed by atoms with Crippen molar-refractivity contribution >= 4 is 62.2 Å². The molecular weight excluding hydrogens is 494 g/mol. The van der Waals surface area contributed by atoms with Gasteiger partial charge in [-0.25, -0.2) is 13.2 Å². The zero-order chi connectivity index (χ0) is 24.3. The molecule has 0 bridgehead atoms. The van der Waals surface area contributed by atoms with E-state index in [1.165, 1.54) is 11.0 Å². The van der Waals surface area contributed by atoms with Crippen LogP contribution in [0.5, 0.6) is 11.5 Å². The Morgan fingerprint density at radius 2 is 1.74 bits per heavy atom. The van der Waals surface area contributed by atoms with Gasteiger partial charge in [0.15, 0.2) is 9.84 Å². The van der Waals surface area contributed by atoms with Gasteiger partial charge in [0.1, 0.15) is 15.8 Å². The summed E-state index contributed by atoms with van der Waals surface area (Å²) >= 11 is 6.48. The summed E-state index contributed by atoms with van der Waals surface area (Å²) in [5, 5.41) is 0. The first kappa shape index (κ1) is 24.2. The molecule has 10 heteroatoms. The topological polar surface area (TPSA) is 90.0 Å². The Morgan fingerprint density at radius 1 is 1.09 bits per heavy atom.